The molecule has 0 atom stereocenters. The molecule has 1 N–H and O–H groups in total. The number of thioether (sulfide) groups is 1. The number of carboxylic acids is 1. The molecule has 9 heteroatoms. The average Bonchev–Trinajstić information content (AvgIpc) is 3.09. The van der Waals surface area contributed by atoms with Gasteiger partial charge in [0, 0.05) is 16.7 Å². The number of carbonyl (C=O) groups excluding carboxylic acids is 1. The first kappa shape index (κ1) is 16.7. The lowest BCUT2D eigenvalue weighted by Gasteiger charge is -2.09. The van der Waals surface area contributed by atoms with Crippen LogP contribution in [-0.4, -0.2) is 37.9 Å². The van der Waals surface area contributed by atoms with Crippen molar-refractivity contribution in [3.05, 3.63) is 46.0 Å². The van der Waals surface area contributed by atoms with Crippen molar-refractivity contribution < 1.29 is 19.2 Å². The van der Waals surface area contributed by atoms with Crippen LogP contribution in [0.15, 0.2) is 39.8 Å². The van der Waals surface area contributed by atoms with Crippen molar-refractivity contribution in [1.29, 1.82) is 0 Å². The fourth-order valence-corrected chi connectivity index (χ4v) is 3.38. The highest BCUT2D eigenvalue weighted by molar-refractivity contribution is 8.26. The number of hydrogen-bond acceptors (Lipinski definition) is 6. The van der Waals surface area contributed by atoms with Gasteiger partial charge in [-0.2, -0.15) is 0 Å². The van der Waals surface area contributed by atoms with E-state index in [0.29, 0.717) is 21.4 Å². The summed E-state index contributed by atoms with van der Waals surface area (Å²) in [6, 6.07) is 8.72. The number of nitrogens with zero attached hydrogens (tertiary/aromatic N) is 2. The number of thiocarbonyl (C=S) groups is 1. The Morgan fingerprint density at radius 2 is 2.12 bits per heavy atom. The van der Waals surface area contributed by atoms with Crippen LogP contribution in [-0.2, 0) is 9.59 Å². The second-order valence-electron chi connectivity index (χ2n) is 4.78. The minimum atomic E-state index is -1.13. The molecule has 1 aromatic heterocycles. The van der Waals surface area contributed by atoms with Gasteiger partial charge in [0.15, 0.2) is 5.76 Å². The number of amides is 1. The summed E-state index contributed by atoms with van der Waals surface area (Å²) >= 11 is 11.9. The van der Waals surface area contributed by atoms with Gasteiger partial charge >= 0.3 is 5.97 Å². The second-order valence-corrected chi connectivity index (χ2v) is 6.90. The quantitative estimate of drug-likeness (QED) is 0.643. The zero-order valence-electron chi connectivity index (χ0n) is 11.9. The number of carbonyl (C=O) groups is 2. The molecule has 0 unspecified atom stereocenters. The molecular formula is C15H9ClN2O4S2. The first-order valence-electron chi connectivity index (χ1n) is 6.64. The van der Waals surface area contributed by atoms with E-state index in [4.69, 9.17) is 33.4 Å². The highest BCUT2D eigenvalue weighted by atomic mass is 35.5. The van der Waals surface area contributed by atoms with Crippen LogP contribution >= 0.6 is 35.6 Å². The van der Waals surface area contributed by atoms with Crippen molar-refractivity contribution in [3.63, 3.8) is 0 Å². The van der Waals surface area contributed by atoms with Crippen molar-refractivity contribution in [1.82, 2.24) is 10.1 Å². The summed E-state index contributed by atoms with van der Waals surface area (Å²) < 4.78 is 5.46. The molecule has 3 rings (SSSR count). The van der Waals surface area contributed by atoms with Crippen molar-refractivity contribution in [2.24, 2.45) is 0 Å². The van der Waals surface area contributed by atoms with E-state index in [1.165, 1.54) is 6.08 Å². The van der Waals surface area contributed by atoms with E-state index in [1.54, 1.807) is 30.3 Å². The van der Waals surface area contributed by atoms with Gasteiger partial charge in [-0.25, -0.2) is 0 Å². The highest BCUT2D eigenvalue weighted by Crippen LogP contribution is 2.32. The molecule has 1 aliphatic heterocycles. The van der Waals surface area contributed by atoms with Crippen molar-refractivity contribution in [2.45, 2.75) is 0 Å². The maximum atomic E-state index is 12.2. The molecule has 0 radical (unpaired) electrons. The van der Waals surface area contributed by atoms with Gasteiger partial charge in [-0.1, -0.05) is 40.7 Å². The molecule has 1 aliphatic rings. The lowest BCUT2D eigenvalue weighted by atomic mass is 10.1. The fourth-order valence-electron chi connectivity index (χ4n) is 2.01. The van der Waals surface area contributed by atoms with Crippen LogP contribution < -0.4 is 0 Å². The molecule has 1 amide bonds. The monoisotopic (exact) mass is 380 g/mol. The Hall–Kier alpha value is -2.16. The van der Waals surface area contributed by atoms with Crippen LogP contribution in [0.25, 0.3) is 17.4 Å². The van der Waals surface area contributed by atoms with Gasteiger partial charge in [-0.3, -0.25) is 14.5 Å². The van der Waals surface area contributed by atoms with E-state index in [1.807, 2.05) is 0 Å². The van der Waals surface area contributed by atoms with Gasteiger partial charge in [-0.15, -0.1) is 0 Å². The van der Waals surface area contributed by atoms with Crippen LogP contribution in [0.2, 0.25) is 5.02 Å². The van der Waals surface area contributed by atoms with Gasteiger partial charge in [0.05, 0.1) is 4.91 Å². The number of rotatable bonds is 4. The Balaban J connectivity index is 1.82. The average molecular weight is 381 g/mol. The summed E-state index contributed by atoms with van der Waals surface area (Å²) in [7, 11) is 0. The normalized spacial score (nSPS) is 16.2. The first-order chi connectivity index (χ1) is 11.4. The Morgan fingerprint density at radius 3 is 2.79 bits per heavy atom. The molecule has 1 fully saturated rings. The molecule has 24 heavy (non-hydrogen) atoms. The zero-order chi connectivity index (χ0) is 17.3. The van der Waals surface area contributed by atoms with Gasteiger partial charge in [0.2, 0.25) is 0 Å². The first-order valence-corrected chi connectivity index (χ1v) is 8.24. The number of aliphatic carboxylic acids is 1. The SMILES string of the molecule is O=C(O)CN1C(=O)C(=Cc2cc(-c3ccc(Cl)cc3)on2)SC1=S. The van der Waals surface area contributed by atoms with Gasteiger partial charge in [-0.05, 0) is 30.3 Å². The summed E-state index contributed by atoms with van der Waals surface area (Å²) in [6.45, 7) is -0.461. The van der Waals surface area contributed by atoms with Crippen LogP contribution in [0.1, 0.15) is 5.69 Å². The van der Waals surface area contributed by atoms with E-state index in [9.17, 15) is 9.59 Å². The van der Waals surface area contributed by atoms with Gasteiger partial charge in [0.25, 0.3) is 5.91 Å². The van der Waals surface area contributed by atoms with Crippen LogP contribution in [0.5, 0.6) is 0 Å². The number of aromatic nitrogens is 1. The fraction of sp³-hybridized carbons (Fsp3) is 0.0667. The van der Waals surface area contributed by atoms with Gasteiger partial charge in [0.1, 0.15) is 16.6 Å². The summed E-state index contributed by atoms with van der Waals surface area (Å²) in [4.78, 5) is 24.3. The molecule has 0 aliphatic carbocycles. The van der Waals surface area contributed by atoms with Crippen LogP contribution in [0.3, 0.4) is 0 Å². The molecule has 122 valence electrons. The van der Waals surface area contributed by atoms with E-state index in [-0.39, 0.29) is 4.32 Å². The largest absolute Gasteiger partial charge is 0.480 e. The van der Waals surface area contributed by atoms with E-state index >= 15 is 0 Å². The predicted octanol–water partition coefficient (Wildman–Crippen LogP) is 3.28. The maximum absolute atomic E-state index is 12.2. The molecule has 2 heterocycles. The molecular weight excluding hydrogens is 372 g/mol. The van der Waals surface area contributed by atoms with Crippen LogP contribution in [0, 0.1) is 0 Å². The maximum Gasteiger partial charge on any atom is 0.323 e. The molecule has 0 spiro atoms. The van der Waals surface area contributed by atoms with E-state index < -0.39 is 18.4 Å². The molecule has 2 aromatic rings. The Bertz CT molecular complexity index is 861. The highest BCUT2D eigenvalue weighted by Gasteiger charge is 2.33. The Labute approximate surface area is 151 Å². The summed E-state index contributed by atoms with van der Waals surface area (Å²) in [6.07, 6.45) is 1.52. The van der Waals surface area contributed by atoms with Crippen molar-refractivity contribution in [2.75, 3.05) is 6.54 Å². The van der Waals surface area contributed by atoms with Crippen molar-refractivity contribution in [3.8, 4) is 11.3 Å². The third kappa shape index (κ3) is 3.50. The summed E-state index contributed by atoms with van der Waals surface area (Å²) in [5.74, 6) is -1.05. The molecule has 1 aromatic carbocycles. The standard InChI is InChI=1S/C15H9ClN2O4S2/c16-9-3-1-8(2-4-9)11-5-10(17-22-11)6-12-14(21)18(7-13(19)20)15(23)24-12/h1-6H,7H2,(H,19,20). The minimum Gasteiger partial charge on any atom is -0.480 e. The lowest BCUT2D eigenvalue weighted by Crippen LogP contribution is -2.33. The number of hydrogen-bond donors (Lipinski definition) is 1. The third-order valence-electron chi connectivity index (χ3n) is 3.10. The third-order valence-corrected chi connectivity index (χ3v) is 4.73. The Kier molecular flexibility index (Phi) is 4.70. The van der Waals surface area contributed by atoms with E-state index in [2.05, 4.69) is 5.16 Å². The van der Waals surface area contributed by atoms with Gasteiger partial charge < -0.3 is 9.63 Å². The van der Waals surface area contributed by atoms with Crippen molar-refractivity contribution >= 4 is 57.9 Å². The Morgan fingerprint density at radius 1 is 1.42 bits per heavy atom. The second kappa shape index (κ2) is 6.76. The number of benzene rings is 1. The van der Waals surface area contributed by atoms with E-state index in [0.717, 1.165) is 22.2 Å². The minimum absolute atomic E-state index is 0.204. The number of halogens is 1. The summed E-state index contributed by atoms with van der Waals surface area (Å²) in [5.41, 5.74) is 1.24. The summed E-state index contributed by atoms with van der Waals surface area (Å²) in [5, 5.41) is 13.3. The number of carboxylic acid groups (broad SMARTS) is 1. The molecule has 0 saturated carbocycles. The van der Waals surface area contributed by atoms with Crippen LogP contribution in [0.4, 0.5) is 0 Å². The molecule has 0 bridgehead atoms. The zero-order valence-corrected chi connectivity index (χ0v) is 14.3. The molecule has 1 saturated heterocycles. The topological polar surface area (TPSA) is 83.6 Å². The predicted molar refractivity (Wildman–Crippen MR) is 94.5 cm³/mol. The smallest absolute Gasteiger partial charge is 0.323 e. The molecule has 6 nitrogen and oxygen atoms in total. The lowest BCUT2D eigenvalue weighted by molar-refractivity contribution is -0.140.